The molecule has 6 unspecified atom stereocenters. The van der Waals surface area contributed by atoms with Crippen molar-refractivity contribution in [2.45, 2.75) is 251 Å². The average Bonchev–Trinajstić information content (AvgIpc) is 2.57. The molecule has 0 N–H and O–H groups in total. The average molecular weight is 1240 g/mol. The van der Waals surface area contributed by atoms with Gasteiger partial charge in [-0.3, -0.25) is 38.4 Å². The second-order valence-corrected chi connectivity index (χ2v) is 26.7. The molecule has 24 heteroatoms. The van der Waals surface area contributed by atoms with Crippen molar-refractivity contribution < 1.29 is 114 Å². The van der Waals surface area contributed by atoms with Gasteiger partial charge in [0.25, 0.3) is 0 Å². The van der Waals surface area contributed by atoms with Gasteiger partial charge in [0, 0.05) is 25.2 Å². The Morgan fingerprint density at radius 3 is 1.34 bits per heavy atom. The van der Waals surface area contributed by atoms with Gasteiger partial charge in [-0.05, 0) is 149 Å². The van der Waals surface area contributed by atoms with Gasteiger partial charge in [-0.15, -0.1) is 0 Å². The van der Waals surface area contributed by atoms with E-state index in [2.05, 4.69) is 9.47 Å². The molecule has 0 bridgehead atoms. The minimum atomic E-state index is -1.04. The third-order valence-electron chi connectivity index (χ3n) is 16.5. The highest BCUT2D eigenvalue weighted by Crippen LogP contribution is 2.36. The standard InChI is InChI=1S/C13H20O6.2C13H22O4.C12H18O6.C12H20O4/c1-5-13(3,4)12(16)18-8(2)10(14)19-9-6-7-17-11(9)15;1-6-12(2,3)11(15)17-13(4,5)9-7-10(14)16-8-9;1-6-12(2,3)11(15)17-13(4,5)9-7-8-16-10(9)14;1-4-12(2,3)11(15)17-7-9(13)18-8-5-6-16-10(8)14;1-5-11(2,3)10(14)16-12(4)6-7-15-9(13)8-12/h8-9H,5-7H2,1-4H3;2*9H,6-8H2,1-5H3;8H,4-7H2,1-3H3;5-8H2,1-4H3. The van der Waals surface area contributed by atoms with Crippen LogP contribution in [0.25, 0.3) is 0 Å². The summed E-state index contributed by atoms with van der Waals surface area (Å²) in [6.45, 7) is 39.1. The second kappa shape index (κ2) is 33.3. The van der Waals surface area contributed by atoms with Crippen molar-refractivity contribution in [1.29, 1.82) is 0 Å². The van der Waals surface area contributed by atoms with E-state index >= 15 is 0 Å². The lowest BCUT2D eigenvalue weighted by atomic mass is 9.87. The minimum Gasteiger partial charge on any atom is -0.465 e. The van der Waals surface area contributed by atoms with Crippen molar-refractivity contribution >= 4 is 71.6 Å². The third kappa shape index (κ3) is 25.3. The molecule has 5 heterocycles. The summed E-state index contributed by atoms with van der Waals surface area (Å²) in [7, 11) is 0. The lowest BCUT2D eigenvalue weighted by Gasteiger charge is -2.35. The summed E-state index contributed by atoms with van der Waals surface area (Å²) in [5.41, 5.74) is -4.93. The van der Waals surface area contributed by atoms with E-state index in [4.69, 9.17) is 47.4 Å². The summed E-state index contributed by atoms with van der Waals surface area (Å²) in [6, 6.07) is 0. The minimum absolute atomic E-state index is 0.0494. The highest BCUT2D eigenvalue weighted by molar-refractivity contribution is 5.85. The van der Waals surface area contributed by atoms with Crippen LogP contribution in [0.2, 0.25) is 0 Å². The maximum absolute atomic E-state index is 12.0. The van der Waals surface area contributed by atoms with Crippen LogP contribution in [-0.2, 0) is 114 Å². The van der Waals surface area contributed by atoms with E-state index in [0.29, 0.717) is 77.6 Å². The first-order chi connectivity index (χ1) is 39.8. The molecule has 0 amide bonds. The number of cyclic esters (lactones) is 5. The Bertz CT molecular complexity index is 2410. The van der Waals surface area contributed by atoms with Crippen molar-refractivity contribution in [3.63, 3.8) is 0 Å². The fraction of sp³-hybridized carbons (Fsp3) is 0.810. The second-order valence-electron chi connectivity index (χ2n) is 26.7. The van der Waals surface area contributed by atoms with E-state index in [1.165, 1.54) is 6.92 Å². The fourth-order valence-electron chi connectivity index (χ4n) is 7.28. The summed E-state index contributed by atoms with van der Waals surface area (Å²) in [4.78, 5) is 138. The molecule has 5 aliphatic rings. The number of esters is 12. The molecular weight excluding hydrogens is 1140 g/mol. The maximum Gasteiger partial charge on any atom is 0.348 e. The van der Waals surface area contributed by atoms with Gasteiger partial charge in [0.15, 0.2) is 12.7 Å². The zero-order valence-electron chi connectivity index (χ0n) is 55.7. The summed E-state index contributed by atoms with van der Waals surface area (Å²) in [6.07, 6.45) is 2.92. The highest BCUT2D eigenvalue weighted by atomic mass is 16.6. The van der Waals surface area contributed by atoms with E-state index < -0.39 is 105 Å². The van der Waals surface area contributed by atoms with E-state index in [9.17, 15) is 57.5 Å². The first-order valence-electron chi connectivity index (χ1n) is 30.1. The molecule has 5 rings (SSSR count). The van der Waals surface area contributed by atoms with Crippen LogP contribution in [0.4, 0.5) is 0 Å². The monoisotopic (exact) mass is 1240 g/mol. The van der Waals surface area contributed by atoms with E-state index in [-0.39, 0.29) is 67.3 Å². The number of carbonyl (C=O) groups is 12. The predicted octanol–water partition coefficient (Wildman–Crippen LogP) is 8.71. The fourth-order valence-corrected chi connectivity index (χ4v) is 7.28. The lowest BCUT2D eigenvalue weighted by molar-refractivity contribution is -0.182. The van der Waals surface area contributed by atoms with Crippen molar-refractivity contribution in [3.8, 4) is 0 Å². The van der Waals surface area contributed by atoms with Crippen LogP contribution in [0.5, 0.6) is 0 Å². The Hall–Kier alpha value is -6.36. The quantitative estimate of drug-likeness (QED) is 0.0765. The van der Waals surface area contributed by atoms with E-state index in [1.54, 1.807) is 48.5 Å². The van der Waals surface area contributed by atoms with Gasteiger partial charge in [0.2, 0.25) is 12.2 Å². The summed E-state index contributed by atoms with van der Waals surface area (Å²) in [5.74, 6) is -5.40. The number of rotatable bonds is 21. The van der Waals surface area contributed by atoms with Gasteiger partial charge in [-0.2, -0.15) is 0 Å². The van der Waals surface area contributed by atoms with Gasteiger partial charge in [-0.25, -0.2) is 19.2 Å². The molecule has 0 spiro atoms. The first-order valence-corrected chi connectivity index (χ1v) is 30.1. The maximum atomic E-state index is 12.0. The van der Waals surface area contributed by atoms with Crippen molar-refractivity contribution in [2.75, 3.05) is 39.6 Å². The molecule has 6 atom stereocenters. The number of hydrogen-bond donors (Lipinski definition) is 0. The molecular formula is C63H102O24. The van der Waals surface area contributed by atoms with Gasteiger partial charge in [0.1, 0.15) is 16.8 Å². The smallest absolute Gasteiger partial charge is 0.348 e. The van der Waals surface area contributed by atoms with E-state index in [1.807, 2.05) is 90.0 Å². The van der Waals surface area contributed by atoms with Gasteiger partial charge in [-0.1, -0.05) is 34.6 Å². The zero-order valence-corrected chi connectivity index (χ0v) is 55.7. The molecule has 5 aliphatic heterocycles. The van der Waals surface area contributed by atoms with Gasteiger partial charge >= 0.3 is 71.6 Å². The van der Waals surface area contributed by atoms with Crippen LogP contribution < -0.4 is 0 Å². The van der Waals surface area contributed by atoms with Crippen molar-refractivity contribution in [3.05, 3.63) is 0 Å². The predicted molar refractivity (Wildman–Crippen MR) is 311 cm³/mol. The van der Waals surface area contributed by atoms with Crippen LogP contribution in [0.15, 0.2) is 0 Å². The topological polar surface area (TPSA) is 316 Å². The molecule has 24 nitrogen and oxygen atoms in total. The van der Waals surface area contributed by atoms with Crippen LogP contribution in [0, 0.1) is 38.9 Å². The summed E-state index contributed by atoms with van der Waals surface area (Å²) in [5, 5.41) is 0. The summed E-state index contributed by atoms with van der Waals surface area (Å²) >= 11 is 0. The normalized spacial score (nSPS) is 21.6. The molecule has 0 aromatic heterocycles. The molecule has 5 fully saturated rings. The Morgan fingerprint density at radius 1 is 0.506 bits per heavy atom. The SMILES string of the molecule is CCC(C)(C)C(=O)OC(C)(C)C1CCOC1=O.CCC(C)(C)C(=O)OC(C)(C)C1COC(=O)C1.CCC(C)(C)C(=O)OC(C)C(=O)OC1CCOC1=O.CCC(C)(C)C(=O)OC1(C)CCOC(=O)C1.CCC(C)(C)C(=O)OCC(=O)OC1CCOC1=O. The first kappa shape index (κ1) is 78.7. The highest BCUT2D eigenvalue weighted by Gasteiger charge is 2.46. The molecule has 87 heavy (non-hydrogen) atoms. The van der Waals surface area contributed by atoms with Gasteiger partial charge in [0.05, 0.1) is 78.9 Å². The van der Waals surface area contributed by atoms with Crippen molar-refractivity contribution in [1.82, 2.24) is 0 Å². The number of hydrogen-bond acceptors (Lipinski definition) is 24. The Kier molecular flexibility index (Phi) is 30.1. The number of carbonyl (C=O) groups excluding carboxylic acids is 12. The molecule has 498 valence electrons. The Balaban J connectivity index is 0.000000544. The molecule has 0 aromatic rings. The summed E-state index contributed by atoms with van der Waals surface area (Å²) < 4.78 is 60.2. The Morgan fingerprint density at radius 2 is 0.931 bits per heavy atom. The lowest BCUT2D eigenvalue weighted by Crippen LogP contribution is -2.43. The molecule has 0 saturated carbocycles. The Labute approximate surface area is 514 Å². The van der Waals surface area contributed by atoms with Crippen LogP contribution >= 0.6 is 0 Å². The molecule has 0 radical (unpaired) electrons. The van der Waals surface area contributed by atoms with Gasteiger partial charge < -0.3 is 56.8 Å². The van der Waals surface area contributed by atoms with Crippen molar-refractivity contribution in [2.24, 2.45) is 38.9 Å². The third-order valence-corrected chi connectivity index (χ3v) is 16.5. The molecule has 5 saturated heterocycles. The van der Waals surface area contributed by atoms with Crippen LogP contribution in [0.3, 0.4) is 0 Å². The number of ether oxygens (including phenoxy) is 12. The molecule has 0 aromatic carbocycles. The van der Waals surface area contributed by atoms with Crippen LogP contribution in [0.1, 0.15) is 216 Å². The molecule has 0 aliphatic carbocycles. The van der Waals surface area contributed by atoms with Crippen LogP contribution in [-0.4, -0.2) is 146 Å². The zero-order chi connectivity index (χ0) is 67.3. The van der Waals surface area contributed by atoms with E-state index in [0.717, 1.165) is 6.42 Å². The largest absolute Gasteiger partial charge is 0.465 e.